The average Bonchev–Trinajstić information content (AvgIpc) is 2.96. The van der Waals surface area contributed by atoms with E-state index in [4.69, 9.17) is 14.2 Å². The molecule has 0 spiro atoms. The smallest absolute Gasteiger partial charge is 0.410 e. The number of nitrogens with zero attached hydrogens (tertiary/aromatic N) is 1. The van der Waals surface area contributed by atoms with Crippen LogP contribution >= 0.6 is 0 Å². The van der Waals surface area contributed by atoms with Crippen molar-refractivity contribution in [3.8, 4) is 0 Å². The maximum atomic E-state index is 12.1. The molecule has 1 amide bonds. The van der Waals surface area contributed by atoms with E-state index < -0.39 is 5.60 Å². The van der Waals surface area contributed by atoms with Gasteiger partial charge >= 0.3 is 6.09 Å². The van der Waals surface area contributed by atoms with E-state index in [1.165, 1.54) is 12.8 Å². The Morgan fingerprint density at radius 1 is 1.30 bits per heavy atom. The minimum atomic E-state index is -0.434. The molecule has 0 saturated carbocycles. The van der Waals surface area contributed by atoms with E-state index in [0.29, 0.717) is 19.2 Å². The first-order valence-electron chi connectivity index (χ1n) is 9.01. The molecule has 0 N–H and O–H groups in total. The number of piperidine rings is 1. The molecule has 2 heterocycles. The van der Waals surface area contributed by atoms with Crippen LogP contribution in [0, 0.1) is 0 Å². The first-order chi connectivity index (χ1) is 10.8. The summed E-state index contributed by atoms with van der Waals surface area (Å²) in [4.78, 5) is 13.9. The minimum absolute atomic E-state index is 0.116. The van der Waals surface area contributed by atoms with Gasteiger partial charge in [-0.15, -0.1) is 0 Å². The number of likely N-dealkylation sites (tertiary alicyclic amines) is 1. The highest BCUT2D eigenvalue weighted by Crippen LogP contribution is 2.27. The third-order valence-corrected chi connectivity index (χ3v) is 4.62. The van der Waals surface area contributed by atoms with Gasteiger partial charge in [-0.25, -0.2) is 4.79 Å². The number of carbonyl (C=O) groups is 1. The van der Waals surface area contributed by atoms with Gasteiger partial charge in [0, 0.05) is 26.3 Å². The first-order valence-corrected chi connectivity index (χ1v) is 9.01. The molecule has 1 atom stereocenters. The van der Waals surface area contributed by atoms with Crippen molar-refractivity contribution < 1.29 is 19.0 Å². The van der Waals surface area contributed by atoms with Crippen LogP contribution in [0.3, 0.4) is 0 Å². The van der Waals surface area contributed by atoms with Crippen molar-refractivity contribution in [3.05, 3.63) is 0 Å². The normalized spacial score (nSPS) is 24.7. The van der Waals surface area contributed by atoms with Gasteiger partial charge in [0.15, 0.2) is 0 Å². The van der Waals surface area contributed by atoms with Gasteiger partial charge in [0.25, 0.3) is 0 Å². The van der Waals surface area contributed by atoms with Gasteiger partial charge in [-0.05, 0) is 66.2 Å². The highest BCUT2D eigenvalue weighted by molar-refractivity contribution is 5.68. The third kappa shape index (κ3) is 6.30. The fraction of sp³-hybridized carbons (Fsp3) is 0.944. The summed E-state index contributed by atoms with van der Waals surface area (Å²) >= 11 is 0. The summed E-state index contributed by atoms with van der Waals surface area (Å²) in [5.41, 5.74) is -0.550. The molecule has 5 nitrogen and oxygen atoms in total. The molecule has 0 aromatic rings. The second-order valence-corrected chi connectivity index (χ2v) is 8.04. The van der Waals surface area contributed by atoms with Gasteiger partial charge in [0.05, 0.1) is 11.7 Å². The summed E-state index contributed by atoms with van der Waals surface area (Å²) < 4.78 is 17.2. The molecule has 0 bridgehead atoms. The van der Waals surface area contributed by atoms with Crippen molar-refractivity contribution in [1.82, 2.24) is 4.90 Å². The number of rotatable bonds is 5. The highest BCUT2D eigenvalue weighted by atomic mass is 16.6. The Labute approximate surface area is 140 Å². The average molecular weight is 327 g/mol. The Kier molecular flexibility index (Phi) is 6.32. The second-order valence-electron chi connectivity index (χ2n) is 8.04. The van der Waals surface area contributed by atoms with Crippen LogP contribution in [-0.2, 0) is 14.2 Å². The second kappa shape index (κ2) is 7.84. The van der Waals surface area contributed by atoms with Crippen molar-refractivity contribution in [2.45, 2.75) is 83.5 Å². The SMILES string of the molecule is CC(C)(C)OC(=O)N1CCC(C)(OCCCC2CCCO2)CC1. The van der Waals surface area contributed by atoms with Crippen molar-refractivity contribution >= 4 is 6.09 Å². The maximum absolute atomic E-state index is 12.1. The standard InChI is InChI=1S/C18H33NO4/c1-17(2,3)23-16(20)19-11-9-18(4,10-12-19)22-14-6-8-15-7-5-13-21-15/h15H,5-14H2,1-4H3. The molecule has 5 heteroatoms. The molecule has 0 aliphatic carbocycles. The molecule has 23 heavy (non-hydrogen) atoms. The van der Waals surface area contributed by atoms with Crippen LogP contribution in [-0.4, -0.2) is 54.6 Å². The Balaban J connectivity index is 1.64. The predicted molar refractivity (Wildman–Crippen MR) is 89.6 cm³/mol. The molecule has 2 aliphatic heterocycles. The Morgan fingerprint density at radius 3 is 2.57 bits per heavy atom. The lowest BCUT2D eigenvalue weighted by atomic mass is 9.93. The molecule has 0 radical (unpaired) electrons. The molecule has 2 saturated heterocycles. The fourth-order valence-electron chi connectivity index (χ4n) is 3.13. The number of ether oxygens (including phenoxy) is 3. The molecular formula is C18H33NO4. The summed E-state index contributed by atoms with van der Waals surface area (Å²) in [6.45, 7) is 11.0. The zero-order valence-electron chi connectivity index (χ0n) is 15.2. The Bertz CT molecular complexity index is 377. The molecule has 0 aromatic heterocycles. The molecule has 2 rings (SSSR count). The van der Waals surface area contributed by atoms with Crippen LogP contribution < -0.4 is 0 Å². The van der Waals surface area contributed by atoms with E-state index in [9.17, 15) is 4.79 Å². The van der Waals surface area contributed by atoms with Gasteiger partial charge < -0.3 is 19.1 Å². The van der Waals surface area contributed by atoms with Crippen molar-refractivity contribution in [2.75, 3.05) is 26.3 Å². The van der Waals surface area contributed by atoms with E-state index in [0.717, 1.165) is 38.9 Å². The van der Waals surface area contributed by atoms with E-state index in [-0.39, 0.29) is 11.7 Å². The monoisotopic (exact) mass is 327 g/mol. The van der Waals surface area contributed by atoms with E-state index in [1.54, 1.807) is 4.90 Å². The zero-order valence-corrected chi connectivity index (χ0v) is 15.2. The van der Waals surface area contributed by atoms with Crippen LogP contribution in [0.5, 0.6) is 0 Å². The molecule has 1 unspecified atom stereocenters. The van der Waals surface area contributed by atoms with Gasteiger partial charge in [0.1, 0.15) is 5.60 Å². The van der Waals surface area contributed by atoms with Gasteiger partial charge in [0.2, 0.25) is 0 Å². The third-order valence-electron chi connectivity index (χ3n) is 4.62. The molecular weight excluding hydrogens is 294 g/mol. The Hall–Kier alpha value is -0.810. The number of amides is 1. The molecule has 2 fully saturated rings. The summed E-state index contributed by atoms with van der Waals surface area (Å²) in [7, 11) is 0. The van der Waals surface area contributed by atoms with Crippen LogP contribution in [0.2, 0.25) is 0 Å². The van der Waals surface area contributed by atoms with E-state index >= 15 is 0 Å². The molecule has 134 valence electrons. The number of hydrogen-bond donors (Lipinski definition) is 0. The molecule has 2 aliphatic rings. The lowest BCUT2D eigenvalue weighted by Crippen LogP contribution is -2.48. The molecule has 0 aromatic carbocycles. The quantitative estimate of drug-likeness (QED) is 0.722. The highest BCUT2D eigenvalue weighted by Gasteiger charge is 2.34. The van der Waals surface area contributed by atoms with E-state index in [2.05, 4.69) is 6.92 Å². The zero-order chi connectivity index (χ0) is 16.9. The summed E-state index contributed by atoms with van der Waals surface area (Å²) in [6, 6.07) is 0. The summed E-state index contributed by atoms with van der Waals surface area (Å²) in [5, 5.41) is 0. The van der Waals surface area contributed by atoms with Crippen LogP contribution in [0.15, 0.2) is 0 Å². The lowest BCUT2D eigenvalue weighted by molar-refractivity contribution is -0.0751. The van der Waals surface area contributed by atoms with Crippen LogP contribution in [0.25, 0.3) is 0 Å². The van der Waals surface area contributed by atoms with Crippen LogP contribution in [0.4, 0.5) is 4.79 Å². The lowest BCUT2D eigenvalue weighted by Gasteiger charge is -2.39. The fourth-order valence-corrected chi connectivity index (χ4v) is 3.13. The maximum Gasteiger partial charge on any atom is 0.410 e. The number of hydrogen-bond acceptors (Lipinski definition) is 4. The van der Waals surface area contributed by atoms with Gasteiger partial charge in [-0.2, -0.15) is 0 Å². The largest absolute Gasteiger partial charge is 0.444 e. The van der Waals surface area contributed by atoms with Crippen molar-refractivity contribution in [1.29, 1.82) is 0 Å². The van der Waals surface area contributed by atoms with E-state index in [1.807, 2.05) is 20.8 Å². The summed E-state index contributed by atoms with van der Waals surface area (Å²) in [6.07, 6.45) is 6.51. The van der Waals surface area contributed by atoms with Crippen molar-refractivity contribution in [3.63, 3.8) is 0 Å². The first kappa shape index (κ1) is 18.5. The minimum Gasteiger partial charge on any atom is -0.444 e. The Morgan fingerprint density at radius 2 is 2.00 bits per heavy atom. The van der Waals surface area contributed by atoms with Crippen molar-refractivity contribution in [2.24, 2.45) is 0 Å². The topological polar surface area (TPSA) is 48.0 Å². The summed E-state index contributed by atoms with van der Waals surface area (Å²) in [5.74, 6) is 0. The van der Waals surface area contributed by atoms with Gasteiger partial charge in [-0.3, -0.25) is 0 Å². The number of carbonyl (C=O) groups excluding carboxylic acids is 1. The van der Waals surface area contributed by atoms with Crippen LogP contribution in [0.1, 0.15) is 66.2 Å². The predicted octanol–water partition coefficient (Wildman–Crippen LogP) is 3.75. The van der Waals surface area contributed by atoms with Gasteiger partial charge in [-0.1, -0.05) is 0 Å².